The molecule has 0 unspecified atom stereocenters. The fraction of sp³-hybridized carbons (Fsp3) is 0.680. The molecule has 1 aromatic carbocycles. The third-order valence-corrected chi connectivity index (χ3v) is 7.73. The van der Waals surface area contributed by atoms with Crippen LogP contribution in [0.4, 0.5) is 5.69 Å². The van der Waals surface area contributed by atoms with E-state index in [1.807, 2.05) is 0 Å². The van der Waals surface area contributed by atoms with Crippen LogP contribution in [0.15, 0.2) is 29.2 Å². The first-order valence-electron chi connectivity index (χ1n) is 12.6. The summed E-state index contributed by atoms with van der Waals surface area (Å²) < 4.78 is 27.9. The SMILES string of the molecule is CCCN(CCC)CCCNC(=O)C1CCC(CNS(=O)(=O)c2ccc(NC(C)=O)cc2)CC1. The smallest absolute Gasteiger partial charge is 0.240 e. The van der Waals surface area contributed by atoms with Crippen molar-refractivity contribution < 1.29 is 18.0 Å². The van der Waals surface area contributed by atoms with E-state index in [0.717, 1.165) is 64.6 Å². The van der Waals surface area contributed by atoms with Crippen molar-refractivity contribution in [1.82, 2.24) is 14.9 Å². The van der Waals surface area contributed by atoms with E-state index in [1.54, 1.807) is 12.1 Å². The molecule has 0 spiro atoms. The summed E-state index contributed by atoms with van der Waals surface area (Å²) in [6.45, 7) is 10.1. The molecule has 1 aromatic rings. The molecule has 0 bridgehead atoms. The predicted octanol–water partition coefficient (Wildman–Crippen LogP) is 3.36. The Hall–Kier alpha value is -1.97. The highest BCUT2D eigenvalue weighted by Gasteiger charge is 2.27. The summed E-state index contributed by atoms with van der Waals surface area (Å²) in [5.41, 5.74) is 0.558. The van der Waals surface area contributed by atoms with Gasteiger partial charge >= 0.3 is 0 Å². The van der Waals surface area contributed by atoms with Crippen LogP contribution in [0.2, 0.25) is 0 Å². The lowest BCUT2D eigenvalue weighted by molar-refractivity contribution is -0.126. The Morgan fingerprint density at radius 2 is 1.59 bits per heavy atom. The summed E-state index contributed by atoms with van der Waals surface area (Å²) in [7, 11) is -3.61. The summed E-state index contributed by atoms with van der Waals surface area (Å²) in [5, 5.41) is 5.72. The number of hydrogen-bond donors (Lipinski definition) is 3. The van der Waals surface area contributed by atoms with Crippen molar-refractivity contribution in [3.8, 4) is 0 Å². The van der Waals surface area contributed by atoms with Crippen molar-refractivity contribution in [3.05, 3.63) is 24.3 Å². The zero-order valence-corrected chi connectivity index (χ0v) is 21.8. The summed E-state index contributed by atoms with van der Waals surface area (Å²) in [6, 6.07) is 6.12. The van der Waals surface area contributed by atoms with Crippen molar-refractivity contribution in [2.75, 3.05) is 38.0 Å². The molecular weight excluding hydrogens is 452 g/mol. The highest BCUT2D eigenvalue weighted by atomic mass is 32.2. The molecule has 1 aliphatic rings. The van der Waals surface area contributed by atoms with Gasteiger partial charge in [-0.25, -0.2) is 13.1 Å². The van der Waals surface area contributed by atoms with Crippen LogP contribution in [0.25, 0.3) is 0 Å². The average Bonchev–Trinajstić information content (AvgIpc) is 2.81. The van der Waals surface area contributed by atoms with Crippen LogP contribution in [0.1, 0.15) is 65.7 Å². The molecule has 0 heterocycles. The third-order valence-electron chi connectivity index (χ3n) is 6.29. The van der Waals surface area contributed by atoms with E-state index in [-0.39, 0.29) is 28.5 Å². The molecule has 0 atom stereocenters. The van der Waals surface area contributed by atoms with E-state index >= 15 is 0 Å². The number of amides is 2. The summed E-state index contributed by atoms with van der Waals surface area (Å²) in [6.07, 6.45) is 6.52. The monoisotopic (exact) mass is 494 g/mol. The Labute approximate surface area is 205 Å². The van der Waals surface area contributed by atoms with Crippen molar-refractivity contribution >= 4 is 27.5 Å². The third kappa shape index (κ3) is 9.72. The Bertz CT molecular complexity index is 859. The van der Waals surface area contributed by atoms with Crippen molar-refractivity contribution in [3.63, 3.8) is 0 Å². The normalized spacial score (nSPS) is 18.6. The van der Waals surface area contributed by atoms with Gasteiger partial charge in [0.05, 0.1) is 4.90 Å². The molecular formula is C25H42N4O4S. The first kappa shape index (κ1) is 28.3. The van der Waals surface area contributed by atoms with Crippen LogP contribution in [0.3, 0.4) is 0 Å². The Morgan fingerprint density at radius 1 is 0.971 bits per heavy atom. The van der Waals surface area contributed by atoms with E-state index in [0.29, 0.717) is 18.8 Å². The van der Waals surface area contributed by atoms with Gasteiger partial charge in [0, 0.05) is 31.6 Å². The maximum atomic E-state index is 12.6. The van der Waals surface area contributed by atoms with Gasteiger partial charge in [0.2, 0.25) is 21.8 Å². The van der Waals surface area contributed by atoms with Gasteiger partial charge in [-0.1, -0.05) is 13.8 Å². The number of benzene rings is 1. The predicted molar refractivity (Wildman–Crippen MR) is 136 cm³/mol. The molecule has 0 saturated heterocycles. The molecule has 0 aliphatic heterocycles. The molecule has 1 saturated carbocycles. The number of carbonyl (C=O) groups is 2. The van der Waals surface area contributed by atoms with Gasteiger partial charge in [-0.15, -0.1) is 0 Å². The molecule has 2 rings (SSSR count). The number of hydrogen-bond acceptors (Lipinski definition) is 5. The zero-order chi connectivity index (χ0) is 25.0. The molecule has 8 nitrogen and oxygen atoms in total. The lowest BCUT2D eigenvalue weighted by Crippen LogP contribution is -2.37. The maximum absolute atomic E-state index is 12.6. The summed E-state index contributed by atoms with van der Waals surface area (Å²) in [5.74, 6) is 0.185. The second-order valence-corrected chi connectivity index (χ2v) is 11.0. The highest BCUT2D eigenvalue weighted by molar-refractivity contribution is 7.89. The van der Waals surface area contributed by atoms with Gasteiger partial charge in [-0.3, -0.25) is 9.59 Å². The van der Waals surface area contributed by atoms with Crippen molar-refractivity contribution in [1.29, 1.82) is 0 Å². The first-order valence-corrected chi connectivity index (χ1v) is 14.1. The van der Waals surface area contributed by atoms with E-state index in [1.165, 1.54) is 19.1 Å². The zero-order valence-electron chi connectivity index (χ0n) is 20.9. The minimum absolute atomic E-state index is 0.0246. The maximum Gasteiger partial charge on any atom is 0.240 e. The fourth-order valence-electron chi connectivity index (χ4n) is 4.49. The lowest BCUT2D eigenvalue weighted by atomic mass is 9.81. The Morgan fingerprint density at radius 3 is 2.15 bits per heavy atom. The van der Waals surface area contributed by atoms with Crippen LogP contribution >= 0.6 is 0 Å². The van der Waals surface area contributed by atoms with Gasteiger partial charge < -0.3 is 15.5 Å². The minimum Gasteiger partial charge on any atom is -0.356 e. The highest BCUT2D eigenvalue weighted by Crippen LogP contribution is 2.29. The molecule has 3 N–H and O–H groups in total. The molecule has 34 heavy (non-hydrogen) atoms. The minimum atomic E-state index is -3.61. The Balaban J connectivity index is 1.69. The quantitative estimate of drug-likeness (QED) is 0.344. The number of nitrogens with one attached hydrogen (secondary N) is 3. The Kier molecular flexibility index (Phi) is 12.0. The van der Waals surface area contributed by atoms with Gasteiger partial charge in [0.1, 0.15) is 0 Å². The van der Waals surface area contributed by atoms with E-state index in [2.05, 4.69) is 34.1 Å². The topological polar surface area (TPSA) is 108 Å². The summed E-state index contributed by atoms with van der Waals surface area (Å²) >= 11 is 0. The summed E-state index contributed by atoms with van der Waals surface area (Å²) in [4.78, 5) is 26.3. The molecule has 0 aromatic heterocycles. The molecule has 9 heteroatoms. The molecule has 192 valence electrons. The van der Waals surface area contributed by atoms with Gasteiger partial charge in [-0.2, -0.15) is 0 Å². The molecule has 1 fully saturated rings. The molecule has 0 radical (unpaired) electrons. The average molecular weight is 495 g/mol. The van der Waals surface area contributed by atoms with E-state index < -0.39 is 10.0 Å². The van der Waals surface area contributed by atoms with Crippen LogP contribution in [0.5, 0.6) is 0 Å². The van der Waals surface area contributed by atoms with Crippen LogP contribution in [0, 0.1) is 11.8 Å². The second-order valence-electron chi connectivity index (χ2n) is 9.26. The van der Waals surface area contributed by atoms with Gasteiger partial charge in [0.15, 0.2) is 0 Å². The second kappa shape index (κ2) is 14.4. The van der Waals surface area contributed by atoms with Crippen LogP contribution < -0.4 is 15.4 Å². The van der Waals surface area contributed by atoms with E-state index in [4.69, 9.17) is 0 Å². The standard InChI is InChI=1S/C25H42N4O4S/c1-4-16-29(17-5-2)18-6-15-26-25(31)22-9-7-21(8-10-22)19-27-34(32,33)24-13-11-23(12-14-24)28-20(3)30/h11-14,21-22,27H,4-10,15-19H2,1-3H3,(H,26,31)(H,28,30). The van der Waals surface area contributed by atoms with Crippen molar-refractivity contribution in [2.45, 2.75) is 70.6 Å². The number of sulfonamides is 1. The number of anilines is 1. The van der Waals surface area contributed by atoms with Gasteiger partial charge in [-0.05, 0) is 94.8 Å². The van der Waals surface area contributed by atoms with Crippen LogP contribution in [-0.4, -0.2) is 57.9 Å². The van der Waals surface area contributed by atoms with E-state index in [9.17, 15) is 18.0 Å². The van der Waals surface area contributed by atoms with Crippen molar-refractivity contribution in [2.24, 2.45) is 11.8 Å². The molecule has 1 aliphatic carbocycles. The number of nitrogens with zero attached hydrogens (tertiary/aromatic N) is 1. The number of rotatable bonds is 14. The lowest BCUT2D eigenvalue weighted by Gasteiger charge is -2.28. The van der Waals surface area contributed by atoms with Gasteiger partial charge in [0.25, 0.3) is 0 Å². The fourth-order valence-corrected chi connectivity index (χ4v) is 5.60. The largest absolute Gasteiger partial charge is 0.356 e. The number of carbonyl (C=O) groups excluding carboxylic acids is 2. The molecule has 2 amide bonds. The van der Waals surface area contributed by atoms with Crippen LogP contribution in [-0.2, 0) is 19.6 Å². The first-order chi connectivity index (χ1) is 16.2.